The summed E-state index contributed by atoms with van der Waals surface area (Å²) in [6.45, 7) is 2.27. The second-order valence-electron chi connectivity index (χ2n) is 8.00. The summed E-state index contributed by atoms with van der Waals surface area (Å²) < 4.78 is 27.0. The number of likely N-dealkylation sites (tertiary alicyclic amines) is 1. The van der Waals surface area contributed by atoms with Crippen molar-refractivity contribution >= 4 is 38.9 Å². The van der Waals surface area contributed by atoms with Crippen LogP contribution in [0.2, 0.25) is 5.02 Å². The van der Waals surface area contributed by atoms with Crippen molar-refractivity contribution in [1.82, 2.24) is 14.7 Å². The van der Waals surface area contributed by atoms with Crippen LogP contribution in [-0.4, -0.2) is 55.4 Å². The molecule has 1 aliphatic heterocycles. The molecule has 1 spiro atoms. The molecule has 1 aromatic carbocycles. The predicted octanol–water partition coefficient (Wildman–Crippen LogP) is 2.43. The molecule has 1 amide bonds. The lowest BCUT2D eigenvalue weighted by Gasteiger charge is -2.58. The minimum atomic E-state index is -3.44. The highest BCUT2D eigenvalue weighted by atomic mass is 35.5. The molecule has 0 radical (unpaired) electrons. The zero-order valence-electron chi connectivity index (χ0n) is 15.6. The molecule has 28 heavy (non-hydrogen) atoms. The summed E-state index contributed by atoms with van der Waals surface area (Å²) in [4.78, 5) is 14.9. The Morgan fingerprint density at radius 1 is 1.25 bits per heavy atom. The Morgan fingerprint density at radius 2 is 1.93 bits per heavy atom. The molecule has 1 aromatic heterocycles. The molecule has 2 fully saturated rings. The number of nitrogens with one attached hydrogen (secondary N) is 2. The van der Waals surface area contributed by atoms with Crippen LogP contribution in [0.3, 0.4) is 0 Å². The van der Waals surface area contributed by atoms with Gasteiger partial charge >= 0.3 is 0 Å². The molecule has 10 heteroatoms. The number of rotatable bonds is 5. The first-order valence-electron chi connectivity index (χ1n) is 8.93. The van der Waals surface area contributed by atoms with Gasteiger partial charge in [-0.15, -0.1) is 0 Å². The van der Waals surface area contributed by atoms with Crippen LogP contribution in [0.25, 0.3) is 0 Å². The zero-order valence-corrected chi connectivity index (χ0v) is 17.2. The van der Waals surface area contributed by atoms with E-state index in [4.69, 9.17) is 11.6 Å². The molecule has 2 heterocycles. The Morgan fingerprint density at radius 3 is 2.57 bits per heavy atom. The number of amides is 1. The van der Waals surface area contributed by atoms with Gasteiger partial charge in [0, 0.05) is 30.0 Å². The largest absolute Gasteiger partial charge is 0.322 e. The molecule has 0 bridgehead atoms. The third-order valence-corrected chi connectivity index (χ3v) is 6.07. The monoisotopic (exact) mass is 423 g/mol. The average molecular weight is 424 g/mol. The molecule has 2 N–H and O–H groups in total. The summed E-state index contributed by atoms with van der Waals surface area (Å²) in [5.74, 6) is -0.323. The lowest BCUT2D eigenvalue weighted by molar-refractivity contribution is -0.0786. The van der Waals surface area contributed by atoms with E-state index in [-0.39, 0.29) is 11.6 Å². The molecule has 0 atom stereocenters. The van der Waals surface area contributed by atoms with Crippen LogP contribution in [-0.2, 0) is 10.0 Å². The number of carbonyl (C=O) groups is 1. The van der Waals surface area contributed by atoms with Gasteiger partial charge < -0.3 is 10.2 Å². The van der Waals surface area contributed by atoms with E-state index in [1.807, 2.05) is 4.68 Å². The van der Waals surface area contributed by atoms with E-state index < -0.39 is 10.0 Å². The minimum absolute atomic E-state index is 0.284. The van der Waals surface area contributed by atoms with Gasteiger partial charge in [-0.1, -0.05) is 11.6 Å². The molecular weight excluding hydrogens is 402 g/mol. The molecule has 4 rings (SSSR count). The maximum atomic E-state index is 12.5. The van der Waals surface area contributed by atoms with Crippen LogP contribution in [0.15, 0.2) is 30.6 Å². The van der Waals surface area contributed by atoms with Gasteiger partial charge in [-0.25, -0.2) is 8.42 Å². The molecule has 1 saturated heterocycles. The smallest absolute Gasteiger partial charge is 0.258 e. The van der Waals surface area contributed by atoms with Gasteiger partial charge in [-0.3, -0.25) is 14.2 Å². The molecule has 1 saturated carbocycles. The van der Waals surface area contributed by atoms with E-state index in [2.05, 4.69) is 27.1 Å². The van der Waals surface area contributed by atoms with E-state index in [9.17, 15) is 13.2 Å². The van der Waals surface area contributed by atoms with Gasteiger partial charge in [-0.2, -0.15) is 5.10 Å². The molecule has 8 nitrogen and oxygen atoms in total. The fourth-order valence-corrected chi connectivity index (χ4v) is 5.06. The molecular formula is C18H22ClN5O3S. The van der Waals surface area contributed by atoms with Gasteiger partial charge in [0.1, 0.15) is 0 Å². The van der Waals surface area contributed by atoms with Gasteiger partial charge in [0.2, 0.25) is 10.0 Å². The summed E-state index contributed by atoms with van der Waals surface area (Å²) in [7, 11) is -1.32. The van der Waals surface area contributed by atoms with Crippen molar-refractivity contribution in [3.8, 4) is 0 Å². The van der Waals surface area contributed by atoms with E-state index in [0.717, 1.165) is 32.2 Å². The van der Waals surface area contributed by atoms with Crippen molar-refractivity contribution in [1.29, 1.82) is 0 Å². The third-order valence-electron chi connectivity index (χ3n) is 5.24. The number of aromatic nitrogens is 2. The lowest BCUT2D eigenvalue weighted by Crippen LogP contribution is -2.60. The van der Waals surface area contributed by atoms with Crippen LogP contribution in [0, 0.1) is 5.41 Å². The van der Waals surface area contributed by atoms with Crippen LogP contribution >= 0.6 is 11.6 Å². The number of hydrogen-bond acceptors (Lipinski definition) is 5. The second kappa shape index (κ2) is 6.75. The topological polar surface area (TPSA) is 96.3 Å². The number of carbonyl (C=O) groups excluding carboxylic acids is 1. The fourth-order valence-electron chi connectivity index (χ4n) is 4.28. The highest BCUT2D eigenvalue weighted by molar-refractivity contribution is 7.92. The summed E-state index contributed by atoms with van der Waals surface area (Å²) in [5.41, 5.74) is 1.57. The van der Waals surface area contributed by atoms with Crippen molar-refractivity contribution in [3.05, 3.63) is 41.2 Å². The quantitative estimate of drug-likeness (QED) is 0.769. The highest BCUT2D eigenvalue weighted by Gasteiger charge is 2.51. The van der Waals surface area contributed by atoms with Gasteiger partial charge in [0.25, 0.3) is 5.91 Å². The van der Waals surface area contributed by atoms with E-state index in [1.165, 1.54) is 12.1 Å². The molecule has 2 aliphatic rings. The first-order chi connectivity index (χ1) is 13.1. The van der Waals surface area contributed by atoms with Crippen LogP contribution < -0.4 is 10.0 Å². The fraction of sp³-hybridized carbons (Fsp3) is 0.444. The first kappa shape index (κ1) is 19.2. The Bertz CT molecular complexity index is 1020. The van der Waals surface area contributed by atoms with E-state index in [1.54, 1.807) is 18.5 Å². The van der Waals surface area contributed by atoms with Crippen LogP contribution in [0.1, 0.15) is 29.2 Å². The lowest BCUT2D eigenvalue weighted by atomic mass is 9.61. The summed E-state index contributed by atoms with van der Waals surface area (Å²) in [6.07, 6.45) is 6.54. The highest BCUT2D eigenvalue weighted by Crippen LogP contribution is 2.53. The number of nitrogens with zero attached hydrogens (tertiary/aromatic N) is 3. The zero-order chi connectivity index (χ0) is 20.1. The number of benzene rings is 1. The van der Waals surface area contributed by atoms with Crippen molar-refractivity contribution < 1.29 is 13.2 Å². The normalized spacial score (nSPS) is 19.1. The van der Waals surface area contributed by atoms with Crippen molar-refractivity contribution in [2.24, 2.45) is 5.41 Å². The standard InChI is InChI=1S/C18H22ClN5O3S/c1-23-10-18(11-23)6-16(7-18)24-9-12(8-20-24)17(25)21-14-3-13(19)4-15(5-14)22-28(2,26)27/h3-5,8-9,16,22H,6-7,10-11H2,1-2H3,(H,21,25). The molecule has 1 aliphatic carbocycles. The number of halogens is 1. The van der Waals surface area contributed by atoms with Crippen LogP contribution in [0.5, 0.6) is 0 Å². The van der Waals surface area contributed by atoms with E-state index >= 15 is 0 Å². The molecule has 0 unspecified atom stereocenters. The van der Waals surface area contributed by atoms with Gasteiger partial charge in [0.15, 0.2) is 0 Å². The first-order valence-corrected chi connectivity index (χ1v) is 11.2. The van der Waals surface area contributed by atoms with Gasteiger partial charge in [-0.05, 0) is 43.5 Å². The third kappa shape index (κ3) is 4.01. The molecule has 150 valence electrons. The summed E-state index contributed by atoms with van der Waals surface area (Å²) in [6, 6.07) is 4.88. The van der Waals surface area contributed by atoms with Crippen molar-refractivity contribution in [3.63, 3.8) is 0 Å². The number of sulfonamides is 1. The summed E-state index contributed by atoms with van der Waals surface area (Å²) in [5, 5.41) is 7.40. The Kier molecular flexibility index (Phi) is 4.64. The van der Waals surface area contributed by atoms with Crippen molar-refractivity contribution in [2.75, 3.05) is 36.4 Å². The predicted molar refractivity (Wildman–Crippen MR) is 108 cm³/mol. The summed E-state index contributed by atoms with van der Waals surface area (Å²) >= 11 is 6.03. The van der Waals surface area contributed by atoms with Crippen LogP contribution in [0.4, 0.5) is 11.4 Å². The maximum Gasteiger partial charge on any atom is 0.258 e. The average Bonchev–Trinajstić information content (AvgIpc) is 2.96. The van der Waals surface area contributed by atoms with Gasteiger partial charge in [0.05, 0.1) is 29.7 Å². The maximum absolute atomic E-state index is 12.5. The molecule has 2 aromatic rings. The second-order valence-corrected chi connectivity index (χ2v) is 10.2. The number of hydrogen-bond donors (Lipinski definition) is 2. The Balaban J connectivity index is 1.41. The SMILES string of the molecule is CN1CC2(CC(n3cc(C(=O)Nc4cc(Cl)cc(NS(C)(=O)=O)c4)cn3)C2)C1. The number of anilines is 2. The van der Waals surface area contributed by atoms with E-state index in [0.29, 0.717) is 27.7 Å². The van der Waals surface area contributed by atoms with Crippen molar-refractivity contribution in [2.45, 2.75) is 18.9 Å². The minimum Gasteiger partial charge on any atom is -0.322 e. The Labute approximate surface area is 168 Å². The Hall–Kier alpha value is -2.10.